The van der Waals surface area contributed by atoms with Crippen molar-refractivity contribution in [2.45, 2.75) is 58.0 Å². The third kappa shape index (κ3) is 4.63. The molecule has 5 nitrogen and oxygen atoms in total. The highest BCUT2D eigenvalue weighted by atomic mass is 35.5. The van der Waals surface area contributed by atoms with Crippen LogP contribution < -0.4 is 14.8 Å². The zero-order valence-electron chi connectivity index (χ0n) is 15.8. The summed E-state index contributed by atoms with van der Waals surface area (Å²) < 4.78 is 11.6. The molecule has 3 rings (SSSR count). The Kier molecular flexibility index (Phi) is 8.04. The highest BCUT2D eigenvalue weighted by Gasteiger charge is 2.38. The smallest absolute Gasteiger partial charge is 0.254 e. The van der Waals surface area contributed by atoms with E-state index in [4.69, 9.17) is 9.47 Å². The van der Waals surface area contributed by atoms with Gasteiger partial charge in [-0.1, -0.05) is 13.8 Å². The van der Waals surface area contributed by atoms with Crippen LogP contribution in [0.2, 0.25) is 0 Å². The van der Waals surface area contributed by atoms with Crippen molar-refractivity contribution in [1.29, 1.82) is 0 Å². The fourth-order valence-corrected chi connectivity index (χ4v) is 3.76. The number of amides is 1. The predicted molar refractivity (Wildman–Crippen MR) is 106 cm³/mol. The van der Waals surface area contributed by atoms with E-state index in [1.54, 1.807) is 0 Å². The lowest BCUT2D eigenvalue weighted by molar-refractivity contribution is 0.0679. The molecule has 0 saturated carbocycles. The Balaban J connectivity index is 0.00000243. The van der Waals surface area contributed by atoms with E-state index in [1.165, 1.54) is 0 Å². The van der Waals surface area contributed by atoms with Crippen LogP contribution in [0.1, 0.15) is 56.3 Å². The second-order valence-electron chi connectivity index (χ2n) is 6.95. The van der Waals surface area contributed by atoms with Crippen LogP contribution in [0.3, 0.4) is 0 Å². The van der Waals surface area contributed by atoms with Gasteiger partial charge in [-0.05, 0) is 56.8 Å². The van der Waals surface area contributed by atoms with Crippen molar-refractivity contribution in [1.82, 2.24) is 10.2 Å². The Hall–Kier alpha value is -1.46. The highest BCUT2D eigenvalue weighted by Crippen LogP contribution is 2.33. The molecule has 26 heavy (non-hydrogen) atoms. The van der Waals surface area contributed by atoms with Gasteiger partial charge >= 0.3 is 0 Å². The molecule has 1 N–H and O–H groups in total. The zero-order valence-corrected chi connectivity index (χ0v) is 16.6. The summed E-state index contributed by atoms with van der Waals surface area (Å²) in [5, 5.41) is 3.45. The molecule has 2 atom stereocenters. The number of carbonyl (C=O) groups excluding carboxylic acids is 1. The van der Waals surface area contributed by atoms with E-state index in [1.807, 2.05) is 18.2 Å². The summed E-state index contributed by atoms with van der Waals surface area (Å²) >= 11 is 0. The van der Waals surface area contributed by atoms with Crippen LogP contribution in [-0.2, 0) is 0 Å². The van der Waals surface area contributed by atoms with E-state index in [0.717, 1.165) is 50.9 Å². The summed E-state index contributed by atoms with van der Waals surface area (Å²) in [6.45, 7) is 7.33. The summed E-state index contributed by atoms with van der Waals surface area (Å²) in [6, 6.07) is 6.30. The van der Waals surface area contributed by atoms with Crippen molar-refractivity contribution in [3.63, 3.8) is 0 Å². The third-order valence-electron chi connectivity index (χ3n) is 5.00. The third-order valence-corrected chi connectivity index (χ3v) is 5.00. The van der Waals surface area contributed by atoms with Crippen LogP contribution in [0.5, 0.6) is 11.5 Å². The number of benzene rings is 1. The van der Waals surface area contributed by atoms with E-state index in [9.17, 15) is 4.79 Å². The summed E-state index contributed by atoms with van der Waals surface area (Å²) in [7, 11) is 0. The Labute approximate surface area is 162 Å². The van der Waals surface area contributed by atoms with Gasteiger partial charge in [-0.25, -0.2) is 0 Å². The number of rotatable bonds is 7. The van der Waals surface area contributed by atoms with Crippen LogP contribution in [0.25, 0.3) is 0 Å². The van der Waals surface area contributed by atoms with Crippen LogP contribution in [0.15, 0.2) is 18.2 Å². The maximum absolute atomic E-state index is 13.2. The standard InChI is InChI=1S/C20H30N2O3.ClH/c1-3-11-24-18-8-5-15(13-19(18)25-12-4-2)20(23)22-16-6-7-17(22)14-21-10-9-16;/h5,8,13,16-17,21H,3-4,6-7,9-12,14H2,1-2H3;1H. The number of hydrogen-bond donors (Lipinski definition) is 1. The molecular formula is C20H31ClN2O3. The van der Waals surface area contributed by atoms with Crippen molar-refractivity contribution in [3.05, 3.63) is 23.8 Å². The maximum Gasteiger partial charge on any atom is 0.254 e. The van der Waals surface area contributed by atoms with E-state index in [0.29, 0.717) is 36.6 Å². The number of nitrogens with one attached hydrogen (secondary N) is 1. The van der Waals surface area contributed by atoms with E-state index < -0.39 is 0 Å². The van der Waals surface area contributed by atoms with Crippen LogP contribution in [-0.4, -0.2) is 49.2 Å². The lowest BCUT2D eigenvalue weighted by Crippen LogP contribution is -2.42. The van der Waals surface area contributed by atoms with Gasteiger partial charge in [0.2, 0.25) is 0 Å². The Morgan fingerprint density at radius 3 is 2.50 bits per heavy atom. The summed E-state index contributed by atoms with van der Waals surface area (Å²) in [5.74, 6) is 1.54. The molecule has 0 radical (unpaired) electrons. The zero-order chi connectivity index (χ0) is 17.6. The van der Waals surface area contributed by atoms with Gasteiger partial charge in [0.05, 0.1) is 13.2 Å². The van der Waals surface area contributed by atoms with Crippen molar-refractivity contribution in [2.24, 2.45) is 0 Å². The monoisotopic (exact) mass is 382 g/mol. The molecule has 2 heterocycles. The Morgan fingerprint density at radius 1 is 1.08 bits per heavy atom. The topological polar surface area (TPSA) is 50.8 Å². The molecule has 2 saturated heterocycles. The first-order valence-corrected chi connectivity index (χ1v) is 9.67. The molecule has 2 unspecified atom stereocenters. The van der Waals surface area contributed by atoms with Gasteiger partial charge in [0.25, 0.3) is 5.91 Å². The lowest BCUT2D eigenvalue weighted by atomic mass is 10.1. The first-order valence-electron chi connectivity index (χ1n) is 9.67. The average Bonchev–Trinajstić information content (AvgIpc) is 2.90. The van der Waals surface area contributed by atoms with Gasteiger partial charge in [-0.3, -0.25) is 4.79 Å². The largest absolute Gasteiger partial charge is 0.490 e. The molecule has 1 aromatic carbocycles. The minimum Gasteiger partial charge on any atom is -0.490 e. The number of hydrogen-bond acceptors (Lipinski definition) is 4. The van der Waals surface area contributed by atoms with E-state index in [2.05, 4.69) is 24.1 Å². The Morgan fingerprint density at radius 2 is 1.77 bits per heavy atom. The van der Waals surface area contributed by atoms with Gasteiger partial charge in [0, 0.05) is 24.2 Å². The lowest BCUT2D eigenvalue weighted by Gasteiger charge is -2.28. The molecule has 2 bridgehead atoms. The number of fused-ring (bicyclic) bond motifs is 2. The van der Waals surface area contributed by atoms with Crippen molar-refractivity contribution < 1.29 is 14.3 Å². The molecule has 1 aromatic rings. The normalized spacial score (nSPS) is 21.7. The second-order valence-corrected chi connectivity index (χ2v) is 6.95. The molecule has 0 aliphatic carbocycles. The van der Waals surface area contributed by atoms with Crippen molar-refractivity contribution >= 4 is 18.3 Å². The maximum atomic E-state index is 13.2. The van der Waals surface area contributed by atoms with Gasteiger partial charge in [-0.2, -0.15) is 0 Å². The predicted octanol–water partition coefficient (Wildman–Crippen LogP) is 3.65. The minimum absolute atomic E-state index is 0. The minimum atomic E-state index is 0. The van der Waals surface area contributed by atoms with Crippen LogP contribution in [0.4, 0.5) is 0 Å². The first kappa shape index (κ1) is 20.8. The molecule has 1 amide bonds. The van der Waals surface area contributed by atoms with Crippen LogP contribution >= 0.6 is 12.4 Å². The number of halogens is 1. The van der Waals surface area contributed by atoms with Crippen molar-refractivity contribution in [3.8, 4) is 11.5 Å². The van der Waals surface area contributed by atoms with E-state index in [-0.39, 0.29) is 18.3 Å². The summed E-state index contributed by atoms with van der Waals surface area (Å²) in [5.41, 5.74) is 0.703. The fraction of sp³-hybridized carbons (Fsp3) is 0.650. The van der Waals surface area contributed by atoms with Crippen LogP contribution in [0, 0.1) is 0 Å². The Bertz CT molecular complexity index is 582. The number of ether oxygens (including phenoxy) is 2. The first-order chi connectivity index (χ1) is 12.2. The van der Waals surface area contributed by atoms with Gasteiger partial charge < -0.3 is 19.7 Å². The second kappa shape index (κ2) is 10.0. The molecule has 2 fully saturated rings. The van der Waals surface area contributed by atoms with Crippen molar-refractivity contribution in [2.75, 3.05) is 26.3 Å². The van der Waals surface area contributed by atoms with Gasteiger partial charge in [-0.15, -0.1) is 12.4 Å². The average molecular weight is 383 g/mol. The van der Waals surface area contributed by atoms with Gasteiger partial charge in [0.1, 0.15) is 0 Å². The fourth-order valence-electron chi connectivity index (χ4n) is 3.76. The molecule has 2 aliphatic heterocycles. The van der Waals surface area contributed by atoms with E-state index >= 15 is 0 Å². The summed E-state index contributed by atoms with van der Waals surface area (Å²) in [6.07, 6.45) is 5.12. The molecule has 2 aliphatic rings. The SMILES string of the molecule is CCCOc1ccc(C(=O)N2C3CCNCC2CC3)cc1OCCC.Cl. The molecular weight excluding hydrogens is 352 g/mol. The number of nitrogens with zero attached hydrogens (tertiary/aromatic N) is 1. The quantitative estimate of drug-likeness (QED) is 0.782. The number of carbonyl (C=O) groups is 1. The molecule has 6 heteroatoms. The molecule has 0 spiro atoms. The summed E-state index contributed by atoms with van der Waals surface area (Å²) in [4.78, 5) is 15.3. The molecule has 0 aromatic heterocycles. The van der Waals surface area contributed by atoms with Gasteiger partial charge in [0.15, 0.2) is 11.5 Å². The molecule has 146 valence electrons. The highest BCUT2D eigenvalue weighted by molar-refractivity contribution is 5.95.